The van der Waals surface area contributed by atoms with Crippen molar-refractivity contribution in [3.8, 4) is 17.5 Å². The molecule has 15 nitrogen and oxygen atoms in total. The van der Waals surface area contributed by atoms with Crippen LogP contribution in [-0.2, 0) is 30.8 Å². The molecule has 1 saturated heterocycles. The first-order valence-electron chi connectivity index (χ1n) is 21.7. The highest BCUT2D eigenvalue weighted by Gasteiger charge is 2.63. The fourth-order valence-corrected chi connectivity index (χ4v) is 10.7. The van der Waals surface area contributed by atoms with Crippen LogP contribution in [0, 0.1) is 23.6 Å². The molecule has 0 radical (unpaired) electrons. The van der Waals surface area contributed by atoms with Crippen molar-refractivity contribution in [2.45, 2.75) is 146 Å². The Morgan fingerprint density at radius 1 is 1.16 bits per heavy atom. The zero-order valence-corrected chi connectivity index (χ0v) is 37.6. The Kier molecular flexibility index (Phi) is 12.2. The monoisotopic (exact) mass is 905 g/mol. The molecule has 7 rings (SSSR count). The van der Waals surface area contributed by atoms with Gasteiger partial charge in [-0.05, 0) is 101 Å². The van der Waals surface area contributed by atoms with Crippen LogP contribution in [-0.4, -0.2) is 112 Å². The molecule has 1 aromatic heterocycles. The summed E-state index contributed by atoms with van der Waals surface area (Å²) in [7, 11) is -2.80. The Morgan fingerprint density at radius 3 is 2.51 bits per heavy atom. The van der Waals surface area contributed by atoms with Gasteiger partial charge in [0, 0.05) is 30.2 Å². The number of nitrogens with zero attached hydrogens (tertiary/aromatic N) is 3. The Balaban J connectivity index is 1.33. The molecule has 346 valence electrons. The van der Waals surface area contributed by atoms with Crippen molar-refractivity contribution in [2.24, 2.45) is 17.8 Å². The van der Waals surface area contributed by atoms with Crippen molar-refractivity contribution in [3.05, 3.63) is 35.7 Å². The molecule has 5 aliphatic rings. The third kappa shape index (κ3) is 8.50. The molecular weight excluding hydrogens is 848 g/mol. The van der Waals surface area contributed by atoms with Crippen molar-refractivity contribution in [1.29, 1.82) is 0 Å². The highest BCUT2D eigenvalue weighted by atomic mass is 32.2. The molecule has 2 aromatic rings. The second kappa shape index (κ2) is 16.6. The number of benzene rings is 1. The van der Waals surface area contributed by atoms with Crippen LogP contribution in [0.25, 0.3) is 10.8 Å². The number of methoxy groups -OCH3 is 1. The molecule has 4 heterocycles. The van der Waals surface area contributed by atoms with E-state index in [1.807, 2.05) is 13.0 Å². The standard InChI is InChI=1S/C44H58F3N5O10S/c1-8-25-18-24(2)12-9-10-13-26-22-44(26,39(55)50-63(58,59)42(5)15-16-42)49-35(53)32-19-27(23-51(32)38(54)34(25)52(40(56)57)41(3,4)43(6,46)47)62-37-30-20-31(45)33(60-7)21-29(30)28-14-11-17-61-36(28)48-37/h10,13,20-21,24-27,32,34H,8-9,11-12,14-19,22-23H2,1-7H3,(H,49,53)(H,50,55)(H,56,57)/t24-,25-,26-,27-,32+,34+,44-/m1/s1. The van der Waals surface area contributed by atoms with Crippen LogP contribution in [0.5, 0.6) is 17.5 Å². The molecule has 19 heteroatoms. The zero-order valence-electron chi connectivity index (χ0n) is 36.8. The lowest BCUT2D eigenvalue weighted by molar-refractivity contribution is -0.157. The number of fused-ring (bicyclic) bond motifs is 5. The normalized spacial score (nSPS) is 28.6. The number of hydrogen-bond donors (Lipinski definition) is 3. The first-order chi connectivity index (χ1) is 29.5. The molecule has 0 bridgehead atoms. The van der Waals surface area contributed by atoms with Crippen molar-refractivity contribution in [3.63, 3.8) is 0 Å². The predicted octanol–water partition coefficient (Wildman–Crippen LogP) is 6.11. The molecular formula is C44H58F3N5O10S. The average molecular weight is 906 g/mol. The van der Waals surface area contributed by atoms with E-state index in [-0.39, 0.29) is 61.0 Å². The van der Waals surface area contributed by atoms with E-state index < -0.39 is 91.4 Å². The minimum absolute atomic E-state index is 0.0268. The summed E-state index contributed by atoms with van der Waals surface area (Å²) in [5.74, 6) is -8.45. The van der Waals surface area contributed by atoms with E-state index in [0.29, 0.717) is 67.9 Å². The number of pyridine rings is 1. The molecule has 63 heavy (non-hydrogen) atoms. The van der Waals surface area contributed by atoms with E-state index in [1.165, 1.54) is 26.2 Å². The predicted molar refractivity (Wildman–Crippen MR) is 225 cm³/mol. The van der Waals surface area contributed by atoms with Gasteiger partial charge in [-0.3, -0.25) is 24.0 Å². The van der Waals surface area contributed by atoms with Gasteiger partial charge in [-0.15, -0.1) is 0 Å². The van der Waals surface area contributed by atoms with Crippen molar-refractivity contribution in [1.82, 2.24) is 24.8 Å². The maximum Gasteiger partial charge on any atom is 0.408 e. The van der Waals surface area contributed by atoms with Gasteiger partial charge in [0.1, 0.15) is 29.3 Å². The number of amides is 4. The molecule has 3 fully saturated rings. The van der Waals surface area contributed by atoms with Gasteiger partial charge in [-0.25, -0.2) is 26.4 Å². The largest absolute Gasteiger partial charge is 0.494 e. The summed E-state index contributed by atoms with van der Waals surface area (Å²) >= 11 is 0. The van der Waals surface area contributed by atoms with Crippen LogP contribution in [0.2, 0.25) is 0 Å². The first-order valence-corrected chi connectivity index (χ1v) is 23.2. The minimum Gasteiger partial charge on any atom is -0.494 e. The van der Waals surface area contributed by atoms with Crippen LogP contribution >= 0.6 is 0 Å². The van der Waals surface area contributed by atoms with Gasteiger partial charge in [0.15, 0.2) is 11.6 Å². The molecule has 1 aromatic carbocycles. The molecule has 2 aliphatic carbocycles. The summed E-state index contributed by atoms with van der Waals surface area (Å²) in [6.07, 6.45) is 4.06. The SMILES string of the molecule is CC[C@@H]1C[C@H](C)CCC=C[C@@H]2C[C@@]2(C(=O)NS(=O)(=O)C2(C)CC2)NC(=O)[C@@H]2C[C@@H](Oc3nc4c(c5cc(OC)c(F)cc35)CCCO4)CN2C(=O)[C@H]1N(C(=O)O)C(C)(C)C(C)(F)F. The average Bonchev–Trinajstić information content (AvgIpc) is 4.09. The number of sulfonamides is 1. The lowest BCUT2D eigenvalue weighted by atomic mass is 9.81. The molecule has 2 saturated carbocycles. The summed E-state index contributed by atoms with van der Waals surface area (Å²) in [5.41, 5.74) is -3.43. The molecule has 4 amide bonds. The van der Waals surface area contributed by atoms with E-state index in [9.17, 15) is 27.9 Å². The number of hydrogen-bond acceptors (Lipinski definition) is 10. The number of aromatic nitrogens is 1. The maximum absolute atomic E-state index is 15.6. The number of carbonyl (C=O) groups excluding carboxylic acids is 3. The zero-order chi connectivity index (χ0) is 46.0. The van der Waals surface area contributed by atoms with Gasteiger partial charge in [-0.2, -0.15) is 4.98 Å². The molecule has 0 spiro atoms. The molecule has 3 aliphatic heterocycles. The molecule has 3 N–H and O–H groups in total. The third-order valence-electron chi connectivity index (χ3n) is 14.1. The second-order valence-electron chi connectivity index (χ2n) is 18.9. The maximum atomic E-state index is 15.6. The van der Waals surface area contributed by atoms with Gasteiger partial charge < -0.3 is 29.5 Å². The highest BCUT2D eigenvalue weighted by Crippen LogP contribution is 2.48. The number of carboxylic acid groups (broad SMARTS) is 1. The summed E-state index contributed by atoms with van der Waals surface area (Å²) in [6, 6.07) is -0.467. The summed E-state index contributed by atoms with van der Waals surface area (Å²) < 4.78 is 91.8. The molecule has 0 unspecified atom stereocenters. The van der Waals surface area contributed by atoms with E-state index in [1.54, 1.807) is 13.0 Å². The summed E-state index contributed by atoms with van der Waals surface area (Å²) in [6.45, 7) is 7.88. The second-order valence-corrected chi connectivity index (χ2v) is 21.1. The Labute approximate surface area is 365 Å². The van der Waals surface area contributed by atoms with E-state index in [4.69, 9.17) is 14.2 Å². The smallest absolute Gasteiger partial charge is 0.408 e. The lowest BCUT2D eigenvalue weighted by Crippen LogP contribution is -2.67. The van der Waals surface area contributed by atoms with Gasteiger partial charge in [0.25, 0.3) is 11.8 Å². The lowest BCUT2D eigenvalue weighted by Gasteiger charge is -2.47. The third-order valence-corrected chi connectivity index (χ3v) is 16.3. The topological polar surface area (TPSA) is 194 Å². The molecule has 7 atom stereocenters. The number of carbonyl (C=O) groups is 4. The van der Waals surface area contributed by atoms with Gasteiger partial charge in [0.05, 0.1) is 25.0 Å². The van der Waals surface area contributed by atoms with Crippen LogP contribution in [0.15, 0.2) is 24.3 Å². The Morgan fingerprint density at radius 2 is 1.87 bits per heavy atom. The number of rotatable bonds is 10. The van der Waals surface area contributed by atoms with Crippen LogP contribution in [0.4, 0.5) is 18.0 Å². The minimum atomic E-state index is -4.13. The number of ether oxygens (including phenoxy) is 3. The van der Waals surface area contributed by atoms with Crippen molar-refractivity contribution < 1.29 is 60.1 Å². The fraction of sp³-hybridized carbons (Fsp3) is 0.659. The van der Waals surface area contributed by atoms with E-state index in [0.717, 1.165) is 18.7 Å². The van der Waals surface area contributed by atoms with Crippen LogP contribution < -0.4 is 24.2 Å². The van der Waals surface area contributed by atoms with Gasteiger partial charge in [-0.1, -0.05) is 32.4 Å². The number of halogens is 3. The van der Waals surface area contributed by atoms with E-state index >= 15 is 18.0 Å². The summed E-state index contributed by atoms with van der Waals surface area (Å²) in [5, 5.41) is 14.4. The van der Waals surface area contributed by atoms with Crippen molar-refractivity contribution in [2.75, 3.05) is 20.3 Å². The van der Waals surface area contributed by atoms with Gasteiger partial charge >= 0.3 is 6.09 Å². The van der Waals surface area contributed by atoms with Crippen LogP contribution in [0.3, 0.4) is 0 Å². The highest BCUT2D eigenvalue weighted by molar-refractivity contribution is 7.91. The van der Waals surface area contributed by atoms with Gasteiger partial charge in [0.2, 0.25) is 33.6 Å². The number of nitrogens with one attached hydrogen (secondary N) is 2. The van der Waals surface area contributed by atoms with Crippen molar-refractivity contribution >= 4 is 44.6 Å². The first kappa shape index (κ1) is 46.2. The van der Waals surface area contributed by atoms with E-state index in [2.05, 4.69) is 15.0 Å². The number of alkyl halides is 2. The quantitative estimate of drug-likeness (QED) is 0.233. The Bertz CT molecular complexity index is 2320. The number of aryl methyl sites for hydroxylation is 1. The number of allylic oxidation sites excluding steroid dienone is 1. The Hall–Kier alpha value is -4.81. The fourth-order valence-electron chi connectivity index (χ4n) is 9.34. The summed E-state index contributed by atoms with van der Waals surface area (Å²) in [4.78, 5) is 63.8. The van der Waals surface area contributed by atoms with Crippen LogP contribution in [0.1, 0.15) is 105 Å².